The van der Waals surface area contributed by atoms with Gasteiger partial charge in [0.2, 0.25) is 0 Å². The number of hydrogen-bond donors (Lipinski definition) is 1. The summed E-state index contributed by atoms with van der Waals surface area (Å²) in [5.74, 6) is 0. The van der Waals surface area contributed by atoms with E-state index in [4.69, 9.17) is 0 Å². The number of nitrogens with one attached hydrogen (secondary N) is 1. The van der Waals surface area contributed by atoms with Crippen LogP contribution in [0.5, 0.6) is 0 Å². The summed E-state index contributed by atoms with van der Waals surface area (Å²) in [4.78, 5) is 0. The molecule has 0 heterocycles. The van der Waals surface area contributed by atoms with E-state index in [0.717, 1.165) is 13.0 Å². The number of rotatable bonds is 5. The van der Waals surface area contributed by atoms with Gasteiger partial charge in [0.25, 0.3) is 0 Å². The lowest BCUT2D eigenvalue weighted by Gasteiger charge is -2.14. The number of hydrogen-bond acceptors (Lipinski definition) is 1. The van der Waals surface area contributed by atoms with Gasteiger partial charge in [0.1, 0.15) is 0 Å². The normalized spacial score (nSPS) is 12.8. The fourth-order valence-electron chi connectivity index (χ4n) is 2.19. The van der Waals surface area contributed by atoms with E-state index in [1.165, 1.54) is 28.7 Å². The van der Waals surface area contributed by atoms with Gasteiger partial charge < -0.3 is 5.32 Å². The molecule has 0 spiro atoms. The lowest BCUT2D eigenvalue weighted by molar-refractivity contribution is 0.536. The zero-order valence-electron chi connectivity index (χ0n) is 11.4. The summed E-state index contributed by atoms with van der Waals surface area (Å²) in [7, 11) is 0. The van der Waals surface area contributed by atoms with Crippen LogP contribution in [0.15, 0.2) is 12.1 Å². The minimum Gasteiger partial charge on any atom is -0.314 e. The van der Waals surface area contributed by atoms with E-state index in [1.807, 2.05) is 0 Å². The molecular formula is C15H25N. The number of benzene rings is 1. The van der Waals surface area contributed by atoms with Gasteiger partial charge in [-0.25, -0.2) is 0 Å². The molecule has 0 aliphatic rings. The van der Waals surface area contributed by atoms with E-state index >= 15 is 0 Å². The van der Waals surface area contributed by atoms with Crippen molar-refractivity contribution in [2.75, 3.05) is 6.54 Å². The molecule has 1 heteroatoms. The molecule has 0 fully saturated rings. The molecule has 16 heavy (non-hydrogen) atoms. The number of aryl methyl sites for hydroxylation is 3. The fraction of sp³-hybridized carbons (Fsp3) is 0.600. The molecule has 1 N–H and O–H groups in total. The Labute approximate surface area is 100 Å². The Hall–Kier alpha value is -0.820. The van der Waals surface area contributed by atoms with Gasteiger partial charge in [-0.05, 0) is 63.8 Å². The monoisotopic (exact) mass is 219 g/mol. The van der Waals surface area contributed by atoms with Crippen LogP contribution in [0, 0.1) is 20.8 Å². The van der Waals surface area contributed by atoms with Crippen molar-refractivity contribution < 1.29 is 0 Å². The summed E-state index contributed by atoms with van der Waals surface area (Å²) in [6, 6.07) is 5.20. The van der Waals surface area contributed by atoms with Crippen molar-refractivity contribution in [2.45, 2.75) is 53.5 Å². The van der Waals surface area contributed by atoms with Crippen LogP contribution < -0.4 is 5.32 Å². The molecule has 1 aromatic rings. The lowest BCUT2D eigenvalue weighted by Crippen LogP contribution is -2.27. The van der Waals surface area contributed by atoms with Crippen LogP contribution in [-0.4, -0.2) is 12.6 Å². The zero-order valence-corrected chi connectivity index (χ0v) is 11.4. The van der Waals surface area contributed by atoms with E-state index in [9.17, 15) is 0 Å². The summed E-state index contributed by atoms with van der Waals surface area (Å²) in [6.07, 6.45) is 2.34. The maximum absolute atomic E-state index is 3.55. The molecule has 1 nitrogen and oxygen atoms in total. The Bertz CT molecular complexity index is 318. The maximum atomic E-state index is 3.55. The maximum Gasteiger partial charge on any atom is 0.00362 e. The van der Waals surface area contributed by atoms with Gasteiger partial charge in [-0.2, -0.15) is 0 Å². The fourth-order valence-corrected chi connectivity index (χ4v) is 2.19. The second-order valence-electron chi connectivity index (χ2n) is 4.89. The van der Waals surface area contributed by atoms with Crippen molar-refractivity contribution in [3.8, 4) is 0 Å². The van der Waals surface area contributed by atoms with Crippen LogP contribution in [0.2, 0.25) is 0 Å². The smallest absolute Gasteiger partial charge is 0.00362 e. The van der Waals surface area contributed by atoms with Crippen LogP contribution in [0.1, 0.15) is 42.5 Å². The average Bonchev–Trinajstić information content (AvgIpc) is 2.21. The van der Waals surface area contributed by atoms with Crippen LogP contribution >= 0.6 is 0 Å². The first-order valence-electron chi connectivity index (χ1n) is 6.34. The molecule has 1 unspecified atom stereocenters. The molecule has 90 valence electrons. The standard InChI is InChI=1S/C15H25N/c1-6-14(5)16-8-7-15-12(3)9-11(2)10-13(15)4/h9-10,14,16H,6-8H2,1-5H3. The minimum absolute atomic E-state index is 0.631. The first-order valence-corrected chi connectivity index (χ1v) is 6.34. The highest BCUT2D eigenvalue weighted by atomic mass is 14.9. The Morgan fingerprint density at radius 2 is 1.69 bits per heavy atom. The van der Waals surface area contributed by atoms with Gasteiger partial charge in [-0.3, -0.25) is 0 Å². The first-order chi connectivity index (χ1) is 7.54. The molecule has 0 aliphatic heterocycles. The first kappa shape index (κ1) is 13.2. The van der Waals surface area contributed by atoms with Gasteiger partial charge >= 0.3 is 0 Å². The van der Waals surface area contributed by atoms with Crippen molar-refractivity contribution >= 4 is 0 Å². The molecule has 0 bridgehead atoms. The van der Waals surface area contributed by atoms with Crippen molar-refractivity contribution in [3.05, 3.63) is 34.4 Å². The van der Waals surface area contributed by atoms with Crippen LogP contribution in [-0.2, 0) is 6.42 Å². The van der Waals surface area contributed by atoms with Gasteiger partial charge in [0.15, 0.2) is 0 Å². The van der Waals surface area contributed by atoms with Crippen molar-refractivity contribution in [2.24, 2.45) is 0 Å². The molecule has 0 aliphatic carbocycles. The Morgan fingerprint density at radius 3 is 2.19 bits per heavy atom. The molecule has 0 saturated carbocycles. The predicted molar refractivity (Wildman–Crippen MR) is 72.1 cm³/mol. The lowest BCUT2D eigenvalue weighted by atomic mass is 9.97. The highest BCUT2D eigenvalue weighted by Gasteiger charge is 2.04. The van der Waals surface area contributed by atoms with E-state index < -0.39 is 0 Å². The minimum atomic E-state index is 0.631. The molecule has 1 aromatic carbocycles. The van der Waals surface area contributed by atoms with Crippen molar-refractivity contribution in [1.82, 2.24) is 5.32 Å². The summed E-state index contributed by atoms with van der Waals surface area (Å²) in [5, 5.41) is 3.55. The average molecular weight is 219 g/mol. The van der Waals surface area contributed by atoms with E-state index in [0.29, 0.717) is 6.04 Å². The van der Waals surface area contributed by atoms with Gasteiger partial charge in [0, 0.05) is 6.04 Å². The molecule has 0 aromatic heterocycles. The molecule has 0 amide bonds. The van der Waals surface area contributed by atoms with Crippen molar-refractivity contribution in [1.29, 1.82) is 0 Å². The van der Waals surface area contributed by atoms with Gasteiger partial charge in [-0.15, -0.1) is 0 Å². The topological polar surface area (TPSA) is 12.0 Å². The summed E-state index contributed by atoms with van der Waals surface area (Å²) < 4.78 is 0. The van der Waals surface area contributed by atoms with Crippen LogP contribution in [0.4, 0.5) is 0 Å². The summed E-state index contributed by atoms with van der Waals surface area (Å²) in [5.41, 5.74) is 5.75. The van der Waals surface area contributed by atoms with E-state index in [1.54, 1.807) is 0 Å². The third-order valence-corrected chi connectivity index (χ3v) is 3.32. The second kappa shape index (κ2) is 6.05. The zero-order chi connectivity index (χ0) is 12.1. The van der Waals surface area contributed by atoms with Crippen LogP contribution in [0.25, 0.3) is 0 Å². The van der Waals surface area contributed by atoms with Crippen molar-refractivity contribution in [3.63, 3.8) is 0 Å². The Kier molecular flexibility index (Phi) is 5.01. The molecular weight excluding hydrogens is 194 g/mol. The van der Waals surface area contributed by atoms with Crippen LogP contribution in [0.3, 0.4) is 0 Å². The third kappa shape index (κ3) is 3.64. The molecule has 0 radical (unpaired) electrons. The molecule has 1 rings (SSSR count). The van der Waals surface area contributed by atoms with E-state index in [2.05, 4.69) is 52.1 Å². The molecule has 1 atom stereocenters. The molecule has 0 saturated heterocycles. The van der Waals surface area contributed by atoms with E-state index in [-0.39, 0.29) is 0 Å². The SMILES string of the molecule is CCC(C)NCCc1c(C)cc(C)cc1C. The second-order valence-corrected chi connectivity index (χ2v) is 4.89. The highest BCUT2D eigenvalue weighted by Crippen LogP contribution is 2.16. The summed E-state index contributed by atoms with van der Waals surface area (Å²) in [6.45, 7) is 12.2. The van der Waals surface area contributed by atoms with Gasteiger partial charge in [-0.1, -0.05) is 24.6 Å². The Balaban J connectivity index is 2.60. The third-order valence-electron chi connectivity index (χ3n) is 3.32. The predicted octanol–water partition coefficient (Wildman–Crippen LogP) is 3.54. The Morgan fingerprint density at radius 1 is 1.12 bits per heavy atom. The summed E-state index contributed by atoms with van der Waals surface area (Å²) >= 11 is 0. The quantitative estimate of drug-likeness (QED) is 0.798. The van der Waals surface area contributed by atoms with Gasteiger partial charge in [0.05, 0.1) is 0 Å². The largest absolute Gasteiger partial charge is 0.314 e. The highest BCUT2D eigenvalue weighted by molar-refractivity contribution is 5.37.